The molecule has 16 heavy (non-hydrogen) atoms. The van der Waals surface area contributed by atoms with Crippen LogP contribution in [0.3, 0.4) is 0 Å². The van der Waals surface area contributed by atoms with Crippen LogP contribution in [0, 0.1) is 0 Å². The van der Waals surface area contributed by atoms with Gasteiger partial charge in [-0.1, -0.05) is 15.9 Å². The van der Waals surface area contributed by atoms with Gasteiger partial charge >= 0.3 is 0 Å². The molecule has 1 fully saturated rings. The van der Waals surface area contributed by atoms with Crippen molar-refractivity contribution in [2.24, 2.45) is 0 Å². The highest BCUT2D eigenvalue weighted by Crippen LogP contribution is 2.28. The molecular formula is C11H13BrN4. The zero-order valence-corrected chi connectivity index (χ0v) is 10.4. The topological polar surface area (TPSA) is 55.9 Å². The van der Waals surface area contributed by atoms with Crippen LogP contribution < -0.4 is 11.1 Å². The summed E-state index contributed by atoms with van der Waals surface area (Å²) in [6.45, 7) is 2.03. The molecule has 84 valence electrons. The molecule has 3 rings (SSSR count). The quantitative estimate of drug-likeness (QED) is 0.839. The normalized spacial score (nSPS) is 20.7. The molecule has 2 heterocycles. The number of nitrogens with one attached hydrogen (secondary N) is 1. The summed E-state index contributed by atoms with van der Waals surface area (Å²) in [6, 6.07) is 6.50. The molecule has 0 bridgehead atoms. The van der Waals surface area contributed by atoms with Gasteiger partial charge in [-0.25, -0.2) is 4.98 Å². The number of hydrogen-bond donors (Lipinski definition) is 2. The van der Waals surface area contributed by atoms with E-state index in [1.807, 2.05) is 12.1 Å². The maximum absolute atomic E-state index is 5.99. The Morgan fingerprint density at radius 1 is 1.50 bits per heavy atom. The summed E-state index contributed by atoms with van der Waals surface area (Å²) in [5.41, 5.74) is 8.07. The first-order valence-electron chi connectivity index (χ1n) is 5.39. The van der Waals surface area contributed by atoms with Gasteiger partial charge in [-0.05, 0) is 31.2 Å². The van der Waals surface area contributed by atoms with Crippen molar-refractivity contribution < 1.29 is 0 Å². The first-order valence-corrected chi connectivity index (χ1v) is 6.18. The Balaban J connectivity index is 2.20. The second-order valence-electron chi connectivity index (χ2n) is 4.12. The van der Waals surface area contributed by atoms with E-state index in [1.165, 1.54) is 0 Å². The van der Waals surface area contributed by atoms with Crippen LogP contribution in [0.4, 0.5) is 5.95 Å². The highest BCUT2D eigenvalue weighted by molar-refractivity contribution is 9.10. The molecule has 1 unspecified atom stereocenters. The van der Waals surface area contributed by atoms with Gasteiger partial charge in [0.15, 0.2) is 0 Å². The number of anilines is 1. The van der Waals surface area contributed by atoms with E-state index in [0.717, 1.165) is 35.0 Å². The number of nitrogens with zero attached hydrogens (tertiary/aromatic N) is 2. The number of fused-ring (bicyclic) bond motifs is 1. The summed E-state index contributed by atoms with van der Waals surface area (Å²) in [6.07, 6.45) is 1.11. The molecule has 1 aromatic carbocycles. The van der Waals surface area contributed by atoms with Crippen molar-refractivity contribution in [3.05, 3.63) is 22.7 Å². The van der Waals surface area contributed by atoms with Gasteiger partial charge in [-0.2, -0.15) is 0 Å². The van der Waals surface area contributed by atoms with Gasteiger partial charge in [0.25, 0.3) is 0 Å². The monoisotopic (exact) mass is 280 g/mol. The van der Waals surface area contributed by atoms with Crippen LogP contribution in [0.1, 0.15) is 12.5 Å². The van der Waals surface area contributed by atoms with Gasteiger partial charge in [0, 0.05) is 11.0 Å². The lowest BCUT2D eigenvalue weighted by atomic mass is 10.2. The van der Waals surface area contributed by atoms with Crippen molar-refractivity contribution in [1.82, 2.24) is 14.9 Å². The fraction of sp³-hybridized carbons (Fsp3) is 0.364. The SMILES string of the molecule is Nc1nc2ccc(Br)cc2n1C1CCNC1. The van der Waals surface area contributed by atoms with Crippen LogP contribution in [-0.4, -0.2) is 22.6 Å². The van der Waals surface area contributed by atoms with Crippen LogP contribution in [0.2, 0.25) is 0 Å². The van der Waals surface area contributed by atoms with Gasteiger partial charge in [-0.3, -0.25) is 0 Å². The summed E-state index contributed by atoms with van der Waals surface area (Å²) in [5.74, 6) is 0.613. The summed E-state index contributed by atoms with van der Waals surface area (Å²) in [7, 11) is 0. The lowest BCUT2D eigenvalue weighted by Crippen LogP contribution is -2.15. The molecule has 1 saturated heterocycles. The number of aromatic nitrogens is 2. The van der Waals surface area contributed by atoms with Crippen LogP contribution in [-0.2, 0) is 0 Å². The fourth-order valence-corrected chi connectivity index (χ4v) is 2.68. The van der Waals surface area contributed by atoms with Crippen LogP contribution in [0.25, 0.3) is 11.0 Å². The summed E-state index contributed by atoms with van der Waals surface area (Å²) in [5, 5.41) is 3.35. The van der Waals surface area contributed by atoms with Gasteiger partial charge < -0.3 is 15.6 Å². The Hall–Kier alpha value is -1.07. The smallest absolute Gasteiger partial charge is 0.201 e. The molecule has 4 nitrogen and oxygen atoms in total. The summed E-state index contributed by atoms with van der Waals surface area (Å²) < 4.78 is 3.20. The minimum Gasteiger partial charge on any atom is -0.369 e. The molecule has 1 aliphatic rings. The second-order valence-corrected chi connectivity index (χ2v) is 5.04. The van der Waals surface area contributed by atoms with E-state index >= 15 is 0 Å². The molecule has 0 spiro atoms. The van der Waals surface area contributed by atoms with Crippen molar-refractivity contribution in [2.75, 3.05) is 18.8 Å². The molecule has 1 aromatic heterocycles. The fourth-order valence-electron chi connectivity index (χ4n) is 2.33. The Morgan fingerprint density at radius 2 is 2.38 bits per heavy atom. The van der Waals surface area contributed by atoms with E-state index in [2.05, 4.69) is 36.9 Å². The van der Waals surface area contributed by atoms with Gasteiger partial charge in [0.2, 0.25) is 5.95 Å². The lowest BCUT2D eigenvalue weighted by molar-refractivity contribution is 0.569. The lowest BCUT2D eigenvalue weighted by Gasteiger charge is -2.13. The number of halogens is 1. The first-order chi connectivity index (χ1) is 7.75. The largest absolute Gasteiger partial charge is 0.369 e. The molecule has 0 aliphatic carbocycles. The maximum atomic E-state index is 5.99. The standard InChI is InChI=1S/C11H13BrN4/c12-7-1-2-9-10(5-7)16(11(13)15-9)8-3-4-14-6-8/h1-2,5,8,14H,3-4,6H2,(H2,13,15). The van der Waals surface area contributed by atoms with Crippen LogP contribution in [0.15, 0.2) is 22.7 Å². The minimum absolute atomic E-state index is 0.430. The minimum atomic E-state index is 0.430. The third kappa shape index (κ3) is 1.51. The van der Waals surface area contributed by atoms with Crippen molar-refractivity contribution in [2.45, 2.75) is 12.5 Å². The first kappa shape index (κ1) is 10.1. The molecular weight excluding hydrogens is 268 g/mol. The zero-order valence-electron chi connectivity index (χ0n) is 8.78. The average Bonchev–Trinajstić information content (AvgIpc) is 2.83. The van der Waals surface area contributed by atoms with Crippen LogP contribution >= 0.6 is 15.9 Å². The van der Waals surface area contributed by atoms with Crippen molar-refractivity contribution in [3.8, 4) is 0 Å². The third-order valence-electron chi connectivity index (χ3n) is 3.08. The van der Waals surface area contributed by atoms with E-state index in [1.54, 1.807) is 0 Å². The molecule has 0 saturated carbocycles. The summed E-state index contributed by atoms with van der Waals surface area (Å²) >= 11 is 3.49. The average molecular weight is 281 g/mol. The number of hydrogen-bond acceptors (Lipinski definition) is 3. The molecule has 1 atom stereocenters. The Labute approximate surface area is 102 Å². The molecule has 2 aromatic rings. The Morgan fingerprint density at radius 3 is 3.12 bits per heavy atom. The number of nitrogens with two attached hydrogens (primary N) is 1. The van der Waals surface area contributed by atoms with E-state index in [4.69, 9.17) is 5.73 Å². The highest BCUT2D eigenvalue weighted by atomic mass is 79.9. The number of rotatable bonds is 1. The maximum Gasteiger partial charge on any atom is 0.201 e. The number of imidazole rings is 1. The Bertz CT molecular complexity index is 528. The molecule has 1 aliphatic heterocycles. The third-order valence-corrected chi connectivity index (χ3v) is 3.57. The van der Waals surface area contributed by atoms with Crippen LogP contribution in [0.5, 0.6) is 0 Å². The molecule has 0 radical (unpaired) electrons. The number of nitrogen functional groups attached to an aromatic ring is 1. The van der Waals surface area contributed by atoms with Gasteiger partial charge in [0.1, 0.15) is 0 Å². The van der Waals surface area contributed by atoms with Crippen molar-refractivity contribution >= 4 is 32.9 Å². The Kier molecular flexibility index (Phi) is 2.37. The van der Waals surface area contributed by atoms with E-state index < -0.39 is 0 Å². The van der Waals surface area contributed by atoms with E-state index in [9.17, 15) is 0 Å². The number of benzene rings is 1. The predicted octanol–water partition coefficient (Wildman–Crippen LogP) is 1.92. The molecule has 3 N–H and O–H groups in total. The second kappa shape index (κ2) is 3.75. The van der Waals surface area contributed by atoms with Gasteiger partial charge in [0.05, 0.1) is 17.1 Å². The molecule has 5 heteroatoms. The van der Waals surface area contributed by atoms with E-state index in [-0.39, 0.29) is 0 Å². The predicted molar refractivity (Wildman–Crippen MR) is 68.4 cm³/mol. The van der Waals surface area contributed by atoms with E-state index in [0.29, 0.717) is 12.0 Å². The van der Waals surface area contributed by atoms with Gasteiger partial charge in [-0.15, -0.1) is 0 Å². The highest BCUT2D eigenvalue weighted by Gasteiger charge is 2.21. The van der Waals surface area contributed by atoms with Crippen molar-refractivity contribution in [1.29, 1.82) is 0 Å². The van der Waals surface area contributed by atoms with Crippen molar-refractivity contribution in [3.63, 3.8) is 0 Å². The molecule has 0 amide bonds. The summed E-state index contributed by atoms with van der Waals surface area (Å²) in [4.78, 5) is 4.39. The zero-order chi connectivity index (χ0) is 11.1.